The summed E-state index contributed by atoms with van der Waals surface area (Å²) in [4.78, 5) is 15.3. The summed E-state index contributed by atoms with van der Waals surface area (Å²) in [6.45, 7) is 4.73. The molecule has 0 aliphatic rings. The van der Waals surface area contributed by atoms with Crippen LogP contribution in [0.15, 0.2) is 6.20 Å². The molecule has 1 heterocycles. The summed E-state index contributed by atoms with van der Waals surface area (Å²) in [5, 5.41) is 6.67. The quantitative estimate of drug-likeness (QED) is 0.827. The zero-order valence-corrected chi connectivity index (χ0v) is 10.3. The number of thiazole rings is 1. The number of hydrogen-bond donors (Lipinski definition) is 2. The second kappa shape index (κ2) is 6.05. The number of amides is 1. The number of rotatable bonds is 5. The third kappa shape index (κ3) is 5.11. The fourth-order valence-corrected chi connectivity index (χ4v) is 1.95. The summed E-state index contributed by atoms with van der Waals surface area (Å²) >= 11 is 7.13. The summed E-state index contributed by atoms with van der Waals surface area (Å²) < 4.78 is 0.665. The number of nitrogens with zero attached hydrogens (tertiary/aromatic N) is 1. The Morgan fingerprint density at radius 3 is 2.93 bits per heavy atom. The van der Waals surface area contributed by atoms with Crippen LogP contribution in [0, 0.1) is 0 Å². The molecular formula is C9H14ClN3OS. The Morgan fingerprint density at radius 2 is 2.40 bits per heavy atom. The smallest absolute Gasteiger partial charge is 0.234 e. The van der Waals surface area contributed by atoms with Gasteiger partial charge in [0, 0.05) is 12.6 Å². The molecule has 1 aromatic rings. The second-order valence-electron chi connectivity index (χ2n) is 3.38. The van der Waals surface area contributed by atoms with E-state index in [2.05, 4.69) is 15.6 Å². The average Bonchev–Trinajstić information content (AvgIpc) is 2.50. The predicted molar refractivity (Wildman–Crippen MR) is 62.1 cm³/mol. The maximum Gasteiger partial charge on any atom is 0.234 e. The summed E-state index contributed by atoms with van der Waals surface area (Å²) in [5.41, 5.74) is 0. The highest BCUT2D eigenvalue weighted by atomic mass is 35.5. The van der Waals surface area contributed by atoms with Gasteiger partial charge in [0.05, 0.1) is 12.7 Å². The lowest BCUT2D eigenvalue weighted by Crippen LogP contribution is -2.37. The topological polar surface area (TPSA) is 54.0 Å². The van der Waals surface area contributed by atoms with Crippen molar-refractivity contribution in [3.63, 3.8) is 0 Å². The Bertz CT molecular complexity index is 327. The van der Waals surface area contributed by atoms with Gasteiger partial charge >= 0.3 is 0 Å². The van der Waals surface area contributed by atoms with Crippen LogP contribution in [0.3, 0.4) is 0 Å². The van der Waals surface area contributed by atoms with E-state index >= 15 is 0 Å². The van der Waals surface area contributed by atoms with Crippen LogP contribution >= 0.6 is 22.9 Å². The first-order chi connectivity index (χ1) is 7.08. The first-order valence-electron chi connectivity index (χ1n) is 4.68. The monoisotopic (exact) mass is 247 g/mol. The van der Waals surface area contributed by atoms with E-state index in [-0.39, 0.29) is 11.9 Å². The molecule has 0 atom stereocenters. The minimum Gasteiger partial charge on any atom is -0.353 e. The lowest BCUT2D eigenvalue weighted by atomic mass is 10.4. The zero-order chi connectivity index (χ0) is 11.3. The van der Waals surface area contributed by atoms with Gasteiger partial charge in [-0.2, -0.15) is 0 Å². The molecule has 0 aliphatic heterocycles. The molecule has 0 saturated carbocycles. The van der Waals surface area contributed by atoms with Gasteiger partial charge < -0.3 is 10.6 Å². The molecule has 0 unspecified atom stereocenters. The lowest BCUT2D eigenvalue weighted by Gasteiger charge is -2.08. The van der Waals surface area contributed by atoms with Gasteiger partial charge in [-0.15, -0.1) is 11.3 Å². The fraction of sp³-hybridized carbons (Fsp3) is 0.556. The molecule has 2 N–H and O–H groups in total. The Balaban J connectivity index is 2.19. The second-order valence-corrected chi connectivity index (χ2v) is 5.13. The van der Waals surface area contributed by atoms with Crippen molar-refractivity contribution in [2.45, 2.75) is 26.4 Å². The number of nitrogens with one attached hydrogen (secondary N) is 2. The maximum absolute atomic E-state index is 11.2. The van der Waals surface area contributed by atoms with Gasteiger partial charge in [-0.1, -0.05) is 11.6 Å². The summed E-state index contributed by atoms with van der Waals surface area (Å²) in [6, 6.07) is 0.175. The van der Waals surface area contributed by atoms with Gasteiger partial charge in [-0.05, 0) is 13.8 Å². The van der Waals surface area contributed by atoms with E-state index < -0.39 is 0 Å². The Morgan fingerprint density at radius 1 is 1.67 bits per heavy atom. The summed E-state index contributed by atoms with van der Waals surface area (Å²) in [7, 11) is 0. The van der Waals surface area contributed by atoms with Crippen molar-refractivity contribution in [2.75, 3.05) is 6.54 Å². The molecule has 0 saturated heterocycles. The molecule has 15 heavy (non-hydrogen) atoms. The summed E-state index contributed by atoms with van der Waals surface area (Å²) in [5.74, 6) is -0.00680. The highest BCUT2D eigenvalue weighted by Gasteiger charge is 2.03. The molecule has 6 heteroatoms. The molecule has 4 nitrogen and oxygen atoms in total. The number of aromatic nitrogens is 1. The molecule has 0 bridgehead atoms. The van der Waals surface area contributed by atoms with Gasteiger partial charge in [-0.3, -0.25) is 4.79 Å². The van der Waals surface area contributed by atoms with Gasteiger partial charge in [0.15, 0.2) is 0 Å². The van der Waals surface area contributed by atoms with Crippen molar-refractivity contribution in [1.82, 2.24) is 15.6 Å². The van der Waals surface area contributed by atoms with Crippen molar-refractivity contribution < 1.29 is 4.79 Å². The maximum atomic E-state index is 11.2. The standard InChI is InChI=1S/C9H14ClN3OS/c1-6(2)13-8(14)4-11-5-9-12-3-7(10)15-9/h3,6,11H,4-5H2,1-2H3,(H,13,14). The molecule has 0 radical (unpaired) electrons. The van der Waals surface area contributed by atoms with Crippen LogP contribution in [0.4, 0.5) is 0 Å². The number of carbonyl (C=O) groups excluding carboxylic acids is 1. The van der Waals surface area contributed by atoms with Crippen molar-refractivity contribution >= 4 is 28.8 Å². The molecule has 0 spiro atoms. The SMILES string of the molecule is CC(C)NC(=O)CNCc1ncc(Cl)s1. The van der Waals surface area contributed by atoms with Crippen LogP contribution in [-0.2, 0) is 11.3 Å². The van der Waals surface area contributed by atoms with Crippen LogP contribution in [0.1, 0.15) is 18.9 Å². The molecule has 0 aromatic carbocycles. The Kier molecular flexibility index (Phi) is 5.01. The third-order valence-electron chi connectivity index (χ3n) is 1.54. The lowest BCUT2D eigenvalue weighted by molar-refractivity contribution is -0.120. The van der Waals surface area contributed by atoms with E-state index in [0.717, 1.165) is 5.01 Å². The average molecular weight is 248 g/mol. The molecule has 0 aliphatic carbocycles. The number of halogens is 1. The van der Waals surface area contributed by atoms with Gasteiger partial charge in [0.2, 0.25) is 5.91 Å². The third-order valence-corrected chi connectivity index (χ3v) is 2.65. The van der Waals surface area contributed by atoms with Gasteiger partial charge in [0.1, 0.15) is 9.34 Å². The van der Waals surface area contributed by atoms with E-state index in [9.17, 15) is 4.79 Å². The molecule has 1 aromatic heterocycles. The highest BCUT2D eigenvalue weighted by molar-refractivity contribution is 7.15. The van der Waals surface area contributed by atoms with E-state index in [1.165, 1.54) is 11.3 Å². The van der Waals surface area contributed by atoms with Crippen molar-refractivity contribution in [3.05, 3.63) is 15.5 Å². The van der Waals surface area contributed by atoms with Crippen LogP contribution < -0.4 is 10.6 Å². The van der Waals surface area contributed by atoms with Crippen LogP contribution in [-0.4, -0.2) is 23.5 Å². The Labute approximate surface area is 98.0 Å². The van der Waals surface area contributed by atoms with E-state index in [4.69, 9.17) is 11.6 Å². The van der Waals surface area contributed by atoms with E-state index in [1.54, 1.807) is 6.20 Å². The van der Waals surface area contributed by atoms with Crippen molar-refractivity contribution in [1.29, 1.82) is 0 Å². The minimum atomic E-state index is -0.00680. The first kappa shape index (κ1) is 12.4. The van der Waals surface area contributed by atoms with Crippen LogP contribution in [0.5, 0.6) is 0 Å². The highest BCUT2D eigenvalue weighted by Crippen LogP contribution is 2.17. The normalized spacial score (nSPS) is 10.7. The van der Waals surface area contributed by atoms with Crippen molar-refractivity contribution in [2.24, 2.45) is 0 Å². The van der Waals surface area contributed by atoms with E-state index in [0.29, 0.717) is 17.4 Å². The molecule has 1 rings (SSSR count). The molecule has 1 amide bonds. The molecular weight excluding hydrogens is 234 g/mol. The minimum absolute atomic E-state index is 0.00680. The molecule has 0 fully saturated rings. The van der Waals surface area contributed by atoms with Crippen molar-refractivity contribution in [3.8, 4) is 0 Å². The first-order valence-corrected chi connectivity index (χ1v) is 5.87. The number of carbonyl (C=O) groups is 1. The van der Waals surface area contributed by atoms with Crippen LogP contribution in [0.2, 0.25) is 4.34 Å². The zero-order valence-electron chi connectivity index (χ0n) is 8.71. The molecule has 84 valence electrons. The van der Waals surface area contributed by atoms with Crippen LogP contribution in [0.25, 0.3) is 0 Å². The Hall–Kier alpha value is -0.650. The number of hydrogen-bond acceptors (Lipinski definition) is 4. The predicted octanol–water partition coefficient (Wildman–Crippen LogP) is 1.41. The summed E-state index contributed by atoms with van der Waals surface area (Å²) in [6.07, 6.45) is 1.61. The fourth-order valence-electron chi connectivity index (χ4n) is 1.03. The largest absolute Gasteiger partial charge is 0.353 e. The van der Waals surface area contributed by atoms with E-state index in [1.807, 2.05) is 13.8 Å². The van der Waals surface area contributed by atoms with Gasteiger partial charge in [-0.25, -0.2) is 4.98 Å². The van der Waals surface area contributed by atoms with Gasteiger partial charge in [0.25, 0.3) is 0 Å².